The molecule has 0 aliphatic carbocycles. The van der Waals surface area contributed by atoms with Gasteiger partial charge in [0.1, 0.15) is 0 Å². The van der Waals surface area contributed by atoms with Crippen LogP contribution in [0.2, 0.25) is 0 Å². The molecule has 0 aromatic heterocycles. The van der Waals surface area contributed by atoms with Gasteiger partial charge in [-0.2, -0.15) is 0 Å². The van der Waals surface area contributed by atoms with Crippen molar-refractivity contribution in [3.63, 3.8) is 0 Å². The fourth-order valence-corrected chi connectivity index (χ4v) is 0. The van der Waals surface area contributed by atoms with E-state index in [0.29, 0.717) is 0 Å². The molecule has 0 atom stereocenters. The van der Waals surface area contributed by atoms with Crippen molar-refractivity contribution in [1.82, 2.24) is 0 Å². The second-order valence-corrected chi connectivity index (χ2v) is 0. The van der Waals surface area contributed by atoms with Crippen molar-refractivity contribution in [2.45, 2.75) is 0 Å². The van der Waals surface area contributed by atoms with Crippen molar-refractivity contribution in [2.75, 3.05) is 0 Å². The van der Waals surface area contributed by atoms with Crippen molar-refractivity contribution in [3.8, 4) is 0 Å². The molecule has 0 amide bonds. The molecule has 0 nitrogen and oxygen atoms in total. The second-order valence-electron chi connectivity index (χ2n) is 0. The molecule has 0 aromatic carbocycles. The third-order valence-electron chi connectivity index (χ3n) is 0. The van der Waals surface area contributed by atoms with Crippen LogP contribution >= 0.6 is 9.30 Å². The SMILES string of the molecule is [AlH3].[Cl][Ti].[MgH2]. The summed E-state index contributed by atoms with van der Waals surface area (Å²) in [5.41, 5.74) is 0. The molecule has 0 rings (SSSR count). The van der Waals surface area contributed by atoms with E-state index in [1.165, 1.54) is 19.4 Å². The van der Waals surface area contributed by atoms with Crippen LogP contribution in [0.4, 0.5) is 0 Å². The van der Waals surface area contributed by atoms with E-state index in [0.717, 1.165) is 0 Å². The summed E-state index contributed by atoms with van der Waals surface area (Å²) in [6.45, 7) is 0. The Kier molecular flexibility index (Phi) is 75.2. The standard InChI is InChI=1S/Al.ClH.Mg.Ti.5H/h;1H;;;;;;;/q;;;+1;;;;;/p-1. The summed E-state index contributed by atoms with van der Waals surface area (Å²) in [6.07, 6.45) is 0. The number of hydrogen-bond acceptors (Lipinski definition) is 0. The molecule has 0 aromatic rings. The van der Waals surface area contributed by atoms with Crippen molar-refractivity contribution >= 4 is 49.7 Å². The maximum Gasteiger partial charge on any atom is 0.316 e. The summed E-state index contributed by atoms with van der Waals surface area (Å²) >= 11 is 1.47. The van der Waals surface area contributed by atoms with Gasteiger partial charge >= 0.3 is 51.7 Å². The molecule has 0 bridgehead atoms. The van der Waals surface area contributed by atoms with E-state index in [9.17, 15) is 0 Å². The molecule has 4 heavy (non-hydrogen) atoms. The molecule has 0 N–H and O–H groups in total. The van der Waals surface area contributed by atoms with Crippen molar-refractivity contribution in [1.29, 1.82) is 0 Å². The Bertz CT molecular complexity index is 8.00. The van der Waals surface area contributed by atoms with Gasteiger partial charge in [0, 0.05) is 0 Å². The molecule has 0 heterocycles. The summed E-state index contributed by atoms with van der Waals surface area (Å²) < 4.78 is 0. The maximum atomic E-state index is 4.64. The van der Waals surface area contributed by atoms with Crippen molar-refractivity contribution in [3.05, 3.63) is 0 Å². The molecule has 21 valence electrons. The predicted molar refractivity (Wildman–Crippen MR) is 24.3 cm³/mol. The number of rotatable bonds is 0. The van der Waals surface area contributed by atoms with Crippen LogP contribution in [-0.4, -0.2) is 40.4 Å². The van der Waals surface area contributed by atoms with Gasteiger partial charge in [-0.15, -0.1) is 0 Å². The fraction of sp³-hybridized carbons (Fsp3) is 0. The molecule has 0 saturated carbocycles. The van der Waals surface area contributed by atoms with E-state index >= 15 is 0 Å². The summed E-state index contributed by atoms with van der Waals surface area (Å²) in [7, 11) is 4.64. The molecule has 0 radical (unpaired) electrons. The molecule has 0 spiro atoms. The third-order valence-corrected chi connectivity index (χ3v) is 0. The van der Waals surface area contributed by atoms with Gasteiger partial charge in [0.25, 0.3) is 0 Å². The van der Waals surface area contributed by atoms with Gasteiger partial charge < -0.3 is 0 Å². The van der Waals surface area contributed by atoms with Crippen molar-refractivity contribution in [2.24, 2.45) is 0 Å². The zero-order valence-corrected chi connectivity index (χ0v) is 3.20. The quantitative estimate of drug-likeness (QED) is 0.362. The zero-order chi connectivity index (χ0) is 2.00. The van der Waals surface area contributed by atoms with Gasteiger partial charge in [0.2, 0.25) is 0 Å². The Balaban J connectivity index is -0.00000000500. The van der Waals surface area contributed by atoms with Gasteiger partial charge in [-0.25, -0.2) is 0 Å². The molecule has 0 aliphatic heterocycles. The van der Waals surface area contributed by atoms with Crippen LogP contribution in [0.5, 0.6) is 0 Å². The first-order valence-electron chi connectivity index (χ1n) is 0.189. The van der Waals surface area contributed by atoms with Gasteiger partial charge in [-0.1, -0.05) is 0 Å². The van der Waals surface area contributed by atoms with E-state index in [1.54, 1.807) is 0 Å². The van der Waals surface area contributed by atoms with E-state index in [2.05, 4.69) is 9.30 Å². The Labute approximate surface area is 68.2 Å². The normalized spacial score (nSPS) is 1.00. The molecule has 4 heteroatoms. The van der Waals surface area contributed by atoms with E-state index in [4.69, 9.17) is 0 Å². The fourth-order valence-electron chi connectivity index (χ4n) is 0. The number of hydrogen-bond donors (Lipinski definition) is 0. The first kappa shape index (κ1) is 16.2. The van der Waals surface area contributed by atoms with E-state index in [1.807, 2.05) is 0 Å². The minimum atomic E-state index is 0. The first-order valence-corrected chi connectivity index (χ1v) is 2.34. The topological polar surface area (TPSA) is 0 Å². The van der Waals surface area contributed by atoms with Crippen LogP contribution in [0.3, 0.4) is 0 Å². The molecule has 0 unspecified atom stereocenters. The second kappa shape index (κ2) is 18.5. The zero-order valence-electron chi connectivity index (χ0n) is 0.878. The smallest absolute Gasteiger partial charge is 0.316 e. The summed E-state index contributed by atoms with van der Waals surface area (Å²) in [5, 5.41) is 0. The molecular weight excluding hydrogens is 135 g/mol. The molecule has 0 aliphatic rings. The van der Waals surface area contributed by atoms with Gasteiger partial charge in [-0.05, 0) is 0 Å². The van der Waals surface area contributed by atoms with Crippen molar-refractivity contribution < 1.29 is 19.4 Å². The van der Waals surface area contributed by atoms with Crippen LogP contribution in [-0.2, 0) is 19.4 Å². The van der Waals surface area contributed by atoms with Crippen LogP contribution in [0.15, 0.2) is 0 Å². The minimum Gasteiger partial charge on any atom is 0.316 e. The van der Waals surface area contributed by atoms with Crippen LogP contribution in [0.1, 0.15) is 0 Å². The Morgan fingerprint density at radius 1 is 1.25 bits per heavy atom. The van der Waals surface area contributed by atoms with E-state index < -0.39 is 0 Å². The third kappa shape index (κ3) is 8.85. The Morgan fingerprint density at radius 2 is 1.25 bits per heavy atom. The summed E-state index contributed by atoms with van der Waals surface area (Å²) in [5.74, 6) is 0. The molecule has 0 saturated heterocycles. The van der Waals surface area contributed by atoms with Crippen LogP contribution < -0.4 is 0 Å². The van der Waals surface area contributed by atoms with Gasteiger partial charge in [0.15, 0.2) is 17.4 Å². The summed E-state index contributed by atoms with van der Waals surface area (Å²) in [6, 6.07) is 0. The maximum absolute atomic E-state index is 4.64. The van der Waals surface area contributed by atoms with Gasteiger partial charge in [0.05, 0.1) is 0 Å². The monoisotopic (exact) mass is 139 g/mol. The van der Waals surface area contributed by atoms with Crippen LogP contribution in [0, 0.1) is 0 Å². The van der Waals surface area contributed by atoms with E-state index in [-0.39, 0.29) is 40.4 Å². The van der Waals surface area contributed by atoms with Gasteiger partial charge in [-0.3, -0.25) is 0 Å². The average molecular weight is 140 g/mol. The molecule has 0 fully saturated rings. The average Bonchev–Trinajstić information content (AvgIpc) is 1.00. The minimum absolute atomic E-state index is 0. The summed E-state index contributed by atoms with van der Waals surface area (Å²) in [4.78, 5) is 0. The number of halogens is 1. The van der Waals surface area contributed by atoms with Crippen LogP contribution in [0.25, 0.3) is 0 Å². The predicted octanol–water partition coefficient (Wildman–Crippen LogP) is -1.41. The Hall–Kier alpha value is 2.30. The first-order chi connectivity index (χ1) is 1.00. The Morgan fingerprint density at radius 3 is 1.25 bits per heavy atom. The molecular formula is H5AlClMgTi. The largest absolute Gasteiger partial charge is 0.316 e.